The quantitative estimate of drug-likeness (QED) is 0.641. The minimum atomic E-state index is -4.65. The molecule has 66 valence electrons. The Morgan fingerprint density at radius 2 is 1.75 bits per heavy atom. The van der Waals surface area contributed by atoms with E-state index in [1.54, 1.807) is 12.1 Å². The largest absolute Gasteiger partial charge is 0.478 e. The van der Waals surface area contributed by atoms with Gasteiger partial charge in [0.05, 0.1) is 0 Å². The molecule has 12 heavy (non-hydrogen) atoms. The van der Waals surface area contributed by atoms with E-state index in [2.05, 4.69) is 4.98 Å². The summed E-state index contributed by atoms with van der Waals surface area (Å²) < 4.78 is 35.4. The van der Waals surface area contributed by atoms with Gasteiger partial charge in [0, 0.05) is 12.4 Å². The second-order valence-corrected chi connectivity index (χ2v) is 2.60. The van der Waals surface area contributed by atoms with Crippen molar-refractivity contribution in [1.29, 1.82) is 0 Å². The summed E-state index contributed by atoms with van der Waals surface area (Å²) in [5.74, 6) is 0. The molecule has 1 rings (SSSR count). The highest BCUT2D eigenvalue weighted by molar-refractivity contribution is 6.58. The van der Waals surface area contributed by atoms with Gasteiger partial charge < -0.3 is 12.9 Å². The smallest absolute Gasteiger partial charge is 0.449 e. The first kappa shape index (κ1) is 9.10. The molecule has 1 aromatic heterocycles. The van der Waals surface area contributed by atoms with E-state index in [0.717, 1.165) is 0 Å². The number of nitrogens with zero attached hydrogens (tertiary/aromatic N) is 1. The maximum Gasteiger partial charge on any atom is 0.478 e. The van der Waals surface area contributed by atoms with Crippen LogP contribution in [-0.4, -0.2) is 12.0 Å². The number of aryl methyl sites for hydroxylation is 1. The Balaban J connectivity index is 2.44. The summed E-state index contributed by atoms with van der Waals surface area (Å²) in [7, 11) is 0. The first-order valence-electron chi connectivity index (χ1n) is 3.68. The van der Waals surface area contributed by atoms with Gasteiger partial charge in [-0.15, -0.1) is 0 Å². The van der Waals surface area contributed by atoms with Gasteiger partial charge in [-0.2, -0.15) is 0 Å². The van der Waals surface area contributed by atoms with Gasteiger partial charge in [0.1, 0.15) is 0 Å². The lowest BCUT2D eigenvalue weighted by molar-refractivity contribution is 0.467. The molecule has 1 heterocycles. The molecule has 0 aliphatic carbocycles. The van der Waals surface area contributed by atoms with E-state index in [0.29, 0.717) is 5.56 Å². The zero-order valence-corrected chi connectivity index (χ0v) is 6.38. The Hall–Kier alpha value is -0.995. The highest BCUT2D eigenvalue weighted by Gasteiger charge is 2.21. The fourth-order valence-corrected chi connectivity index (χ4v) is 0.880. The summed E-state index contributed by atoms with van der Waals surface area (Å²) >= 11 is 0. The van der Waals surface area contributed by atoms with Gasteiger partial charge in [0.25, 0.3) is 0 Å². The van der Waals surface area contributed by atoms with Crippen molar-refractivity contribution in [2.45, 2.75) is 12.7 Å². The van der Waals surface area contributed by atoms with Crippen LogP contribution in [0.25, 0.3) is 0 Å². The monoisotopic (exact) mass is 174 g/mol. The van der Waals surface area contributed by atoms with Gasteiger partial charge in [-0.1, -0.05) is 12.7 Å². The molecule has 0 aliphatic rings. The number of pyridine rings is 1. The van der Waals surface area contributed by atoms with Gasteiger partial charge in [0.15, 0.2) is 0 Å². The van der Waals surface area contributed by atoms with Crippen LogP contribution in [-0.2, 0) is 6.42 Å². The van der Waals surface area contributed by atoms with Crippen LogP contribution >= 0.6 is 0 Å². The van der Waals surface area contributed by atoms with Crippen LogP contribution in [0.5, 0.6) is 0 Å². The van der Waals surface area contributed by atoms with Gasteiger partial charge in [-0.3, -0.25) is 4.98 Å². The first-order chi connectivity index (χ1) is 5.58. The molecule has 0 N–H and O–H groups in total. The minimum Gasteiger partial charge on any atom is -0.449 e. The van der Waals surface area contributed by atoms with E-state index in [1.165, 1.54) is 12.4 Å². The minimum absolute atomic E-state index is 0.0615. The number of aromatic nitrogens is 1. The summed E-state index contributed by atoms with van der Waals surface area (Å²) in [5, 5.41) is 0. The lowest BCUT2D eigenvalue weighted by Crippen LogP contribution is -2.15. The fourth-order valence-electron chi connectivity index (χ4n) is 0.880. The Morgan fingerprint density at radius 3 is 2.25 bits per heavy atom. The summed E-state index contributed by atoms with van der Waals surface area (Å²) in [4.78, 5) is 3.71. The van der Waals surface area contributed by atoms with Crippen molar-refractivity contribution in [3.8, 4) is 0 Å². The fraction of sp³-hybridized carbons (Fsp3) is 0.286. The highest BCUT2D eigenvalue weighted by atomic mass is 19.4. The average molecular weight is 174 g/mol. The van der Waals surface area contributed by atoms with Crippen LogP contribution in [0, 0.1) is 0 Å². The number of hydrogen-bond acceptors (Lipinski definition) is 1. The molecule has 5 heteroatoms. The third-order valence-corrected chi connectivity index (χ3v) is 1.51. The molecular formula is C7H8BF3N-. The van der Waals surface area contributed by atoms with Crippen molar-refractivity contribution in [3.63, 3.8) is 0 Å². The Morgan fingerprint density at radius 1 is 1.17 bits per heavy atom. The van der Waals surface area contributed by atoms with E-state index in [-0.39, 0.29) is 6.42 Å². The summed E-state index contributed by atoms with van der Waals surface area (Å²) in [6, 6.07) is 3.20. The summed E-state index contributed by atoms with van der Waals surface area (Å²) in [6.07, 6.45) is 2.35. The predicted molar refractivity (Wildman–Crippen MR) is 41.8 cm³/mol. The molecule has 0 amide bonds. The van der Waals surface area contributed by atoms with Crippen molar-refractivity contribution < 1.29 is 12.9 Å². The predicted octanol–water partition coefficient (Wildman–Crippen LogP) is 2.47. The number of halogens is 3. The van der Waals surface area contributed by atoms with Crippen molar-refractivity contribution in [3.05, 3.63) is 30.1 Å². The topological polar surface area (TPSA) is 12.9 Å². The number of rotatable bonds is 3. The van der Waals surface area contributed by atoms with Crippen LogP contribution in [0.2, 0.25) is 6.32 Å². The van der Waals surface area contributed by atoms with Gasteiger partial charge in [-0.05, 0) is 17.7 Å². The summed E-state index contributed by atoms with van der Waals surface area (Å²) in [5.41, 5.74) is 0.684. The zero-order chi connectivity index (χ0) is 9.03. The summed E-state index contributed by atoms with van der Waals surface area (Å²) in [6.45, 7) is -4.65. The molecular weight excluding hydrogens is 166 g/mol. The molecule has 0 bridgehead atoms. The molecule has 0 radical (unpaired) electrons. The lowest BCUT2D eigenvalue weighted by atomic mass is 9.83. The lowest BCUT2D eigenvalue weighted by Gasteiger charge is -2.12. The van der Waals surface area contributed by atoms with Crippen molar-refractivity contribution in [2.75, 3.05) is 0 Å². The van der Waals surface area contributed by atoms with Crippen LogP contribution in [0.4, 0.5) is 12.9 Å². The number of hydrogen-bond donors (Lipinski definition) is 0. The zero-order valence-electron chi connectivity index (χ0n) is 6.38. The van der Waals surface area contributed by atoms with E-state index >= 15 is 0 Å². The molecule has 0 saturated heterocycles. The molecule has 0 atom stereocenters. The third-order valence-electron chi connectivity index (χ3n) is 1.51. The van der Waals surface area contributed by atoms with Crippen LogP contribution in [0.1, 0.15) is 5.56 Å². The van der Waals surface area contributed by atoms with Crippen molar-refractivity contribution in [2.24, 2.45) is 0 Å². The molecule has 0 spiro atoms. The van der Waals surface area contributed by atoms with E-state index in [4.69, 9.17) is 0 Å². The van der Waals surface area contributed by atoms with Crippen LogP contribution < -0.4 is 0 Å². The van der Waals surface area contributed by atoms with E-state index in [1.807, 2.05) is 0 Å². The van der Waals surface area contributed by atoms with E-state index in [9.17, 15) is 12.9 Å². The van der Waals surface area contributed by atoms with Crippen molar-refractivity contribution >= 4 is 6.98 Å². The molecule has 1 aromatic rings. The average Bonchev–Trinajstić information content (AvgIpc) is 2.02. The third kappa shape index (κ3) is 3.41. The normalized spacial score (nSPS) is 11.6. The maximum atomic E-state index is 11.8. The second kappa shape index (κ2) is 3.60. The molecule has 0 saturated carbocycles. The molecule has 1 nitrogen and oxygen atoms in total. The van der Waals surface area contributed by atoms with E-state index < -0.39 is 13.3 Å². The standard InChI is InChI=1S/C7H8BF3N/c9-8(10,11)4-1-7-2-5-12-6-3-7/h2-3,5-6H,1,4H2/q-1. The van der Waals surface area contributed by atoms with Gasteiger partial charge >= 0.3 is 6.98 Å². The van der Waals surface area contributed by atoms with Crippen molar-refractivity contribution in [1.82, 2.24) is 4.98 Å². The van der Waals surface area contributed by atoms with Crippen LogP contribution in [0.3, 0.4) is 0 Å². The van der Waals surface area contributed by atoms with Gasteiger partial charge in [-0.25, -0.2) is 0 Å². The highest BCUT2D eigenvalue weighted by Crippen LogP contribution is 2.17. The SMILES string of the molecule is F[B-](F)(F)CCc1ccncc1. The Kier molecular flexibility index (Phi) is 2.73. The molecule has 0 unspecified atom stereocenters. The molecule has 0 aliphatic heterocycles. The van der Waals surface area contributed by atoms with Crippen LogP contribution in [0.15, 0.2) is 24.5 Å². The van der Waals surface area contributed by atoms with Gasteiger partial charge in [0.2, 0.25) is 0 Å². The first-order valence-corrected chi connectivity index (χ1v) is 3.68. The maximum absolute atomic E-state index is 11.8. The molecule has 0 aromatic carbocycles. The molecule has 0 fully saturated rings. The Labute approximate surface area is 68.7 Å². The second-order valence-electron chi connectivity index (χ2n) is 2.60. The Bertz CT molecular complexity index is 234.